The summed E-state index contributed by atoms with van der Waals surface area (Å²) in [6, 6.07) is 6.17. The third-order valence-corrected chi connectivity index (χ3v) is 7.78. The van der Waals surface area contributed by atoms with E-state index >= 15 is 4.39 Å². The van der Waals surface area contributed by atoms with E-state index in [1.165, 1.54) is 53.5 Å². The van der Waals surface area contributed by atoms with E-state index in [1.807, 2.05) is 13.8 Å². The highest BCUT2D eigenvalue weighted by atomic mass is 32.2. The van der Waals surface area contributed by atoms with Gasteiger partial charge in [-0.1, -0.05) is 6.07 Å². The molecule has 0 radical (unpaired) electrons. The lowest BCUT2D eigenvalue weighted by Crippen LogP contribution is -2.38. The van der Waals surface area contributed by atoms with Crippen LogP contribution in [0.15, 0.2) is 42.9 Å². The Morgan fingerprint density at radius 2 is 2.00 bits per heavy atom. The largest absolute Gasteiger partial charge is 0.573 e. The predicted molar refractivity (Wildman–Crippen MR) is 128 cm³/mol. The van der Waals surface area contributed by atoms with E-state index in [0.29, 0.717) is 27.9 Å². The molecule has 2 N–H and O–H groups in total. The van der Waals surface area contributed by atoms with Crippen LogP contribution in [-0.2, 0) is 4.75 Å². The van der Waals surface area contributed by atoms with Gasteiger partial charge in [-0.3, -0.25) is 9.20 Å². The Bertz CT molecular complexity index is 1520. The number of carbonyl (C=O) groups is 1. The molecule has 1 aliphatic rings. The van der Waals surface area contributed by atoms with Gasteiger partial charge >= 0.3 is 6.36 Å². The Morgan fingerprint density at radius 1 is 1.25 bits per heavy atom. The number of amides is 1. The number of nitrogen functional groups attached to an aromatic ring is 1. The fourth-order valence-electron chi connectivity index (χ4n) is 4.51. The van der Waals surface area contributed by atoms with Gasteiger partial charge in [0.1, 0.15) is 22.9 Å². The van der Waals surface area contributed by atoms with E-state index in [0.717, 1.165) is 6.07 Å². The van der Waals surface area contributed by atoms with E-state index in [2.05, 4.69) is 14.7 Å². The van der Waals surface area contributed by atoms with Crippen molar-refractivity contribution in [2.75, 3.05) is 18.5 Å². The van der Waals surface area contributed by atoms with Crippen LogP contribution in [0.3, 0.4) is 0 Å². The number of hydrogen-bond donors (Lipinski definition) is 1. The summed E-state index contributed by atoms with van der Waals surface area (Å²) < 4.78 is 58.7. The Kier molecular flexibility index (Phi) is 5.54. The van der Waals surface area contributed by atoms with E-state index < -0.39 is 28.9 Å². The van der Waals surface area contributed by atoms with E-state index in [-0.39, 0.29) is 22.6 Å². The van der Waals surface area contributed by atoms with Crippen molar-refractivity contribution in [2.45, 2.75) is 31.0 Å². The Morgan fingerprint density at radius 3 is 2.72 bits per heavy atom. The number of alkyl halides is 3. The number of anilines is 1. The maximum absolute atomic E-state index is 15.1. The van der Waals surface area contributed by atoms with Crippen molar-refractivity contribution in [1.82, 2.24) is 19.3 Å². The van der Waals surface area contributed by atoms with Crippen molar-refractivity contribution < 1.29 is 27.1 Å². The SMILES string of the molecule is CN(C(=O)c1cc2c(cc1F)nc(N)c1cncn12)[C@@H]1CSC(C)(C)c2cc(OC(F)(F)F)ccc21. The summed E-state index contributed by atoms with van der Waals surface area (Å²) in [5.74, 6) is -1.01. The van der Waals surface area contributed by atoms with Crippen molar-refractivity contribution >= 4 is 40.0 Å². The third-order valence-electron chi connectivity index (χ3n) is 6.35. The number of ether oxygens (including phenoxy) is 1. The second kappa shape index (κ2) is 8.26. The fourth-order valence-corrected chi connectivity index (χ4v) is 5.82. The van der Waals surface area contributed by atoms with Crippen molar-refractivity contribution in [3.63, 3.8) is 0 Å². The Hall–Kier alpha value is -3.54. The third kappa shape index (κ3) is 4.08. The number of carbonyl (C=O) groups excluding carboxylic acids is 1. The van der Waals surface area contributed by atoms with Crippen molar-refractivity contribution in [3.05, 3.63) is 65.4 Å². The summed E-state index contributed by atoms with van der Waals surface area (Å²) in [4.78, 5) is 23.2. The van der Waals surface area contributed by atoms with Gasteiger partial charge in [0.15, 0.2) is 0 Å². The average molecular weight is 520 g/mol. The first kappa shape index (κ1) is 24.2. The van der Waals surface area contributed by atoms with E-state index in [4.69, 9.17) is 5.73 Å². The van der Waals surface area contributed by atoms with Gasteiger partial charge in [0.25, 0.3) is 5.91 Å². The molecule has 0 spiro atoms. The number of nitrogens with two attached hydrogens (primary N) is 1. The zero-order chi connectivity index (χ0) is 26.0. The normalized spacial score (nSPS) is 17.2. The molecule has 4 aromatic rings. The van der Waals surface area contributed by atoms with Gasteiger partial charge in [-0.05, 0) is 43.2 Å². The van der Waals surface area contributed by atoms with Gasteiger partial charge < -0.3 is 15.4 Å². The summed E-state index contributed by atoms with van der Waals surface area (Å²) in [6.45, 7) is 3.79. The molecule has 0 saturated heterocycles. The molecule has 36 heavy (non-hydrogen) atoms. The molecule has 0 fully saturated rings. The lowest BCUT2D eigenvalue weighted by atomic mass is 9.90. The molecule has 0 unspecified atom stereocenters. The predicted octanol–water partition coefficient (Wildman–Crippen LogP) is 5.30. The molecule has 188 valence electrons. The van der Waals surface area contributed by atoms with Gasteiger partial charge in [0.2, 0.25) is 0 Å². The Balaban J connectivity index is 1.54. The second-order valence-electron chi connectivity index (χ2n) is 9.02. The monoisotopic (exact) mass is 519 g/mol. The van der Waals surface area contributed by atoms with Crippen LogP contribution in [0.5, 0.6) is 5.75 Å². The number of halogens is 4. The number of imidazole rings is 1. The zero-order valence-electron chi connectivity index (χ0n) is 19.4. The van der Waals surface area contributed by atoms with Crippen molar-refractivity contribution in [2.24, 2.45) is 0 Å². The number of fused-ring (bicyclic) bond motifs is 4. The molecular formula is C24H21F4N5O2S. The van der Waals surface area contributed by atoms with Gasteiger partial charge in [-0.25, -0.2) is 14.4 Å². The minimum Gasteiger partial charge on any atom is -0.406 e. The summed E-state index contributed by atoms with van der Waals surface area (Å²) in [7, 11) is 1.55. The van der Waals surface area contributed by atoms with Crippen LogP contribution in [0.2, 0.25) is 0 Å². The highest BCUT2D eigenvalue weighted by Gasteiger charge is 2.38. The standard InChI is InChI=1S/C24H21F4N5O2S/c1-23(2)15-6-12(35-24(26,27)28)4-5-13(15)20(10-36-23)32(3)22(34)14-7-18-17(8-16(14)25)31-21(29)19-9-30-11-33(18)19/h4-9,11,20H,10H2,1-3H3,(H2,29,31)/t20-/m1/s1. The van der Waals surface area contributed by atoms with Crippen LogP contribution in [0, 0.1) is 5.82 Å². The summed E-state index contributed by atoms with van der Waals surface area (Å²) in [5.41, 5.74) is 8.31. The van der Waals surface area contributed by atoms with Gasteiger partial charge in [-0.15, -0.1) is 24.9 Å². The van der Waals surface area contributed by atoms with Crippen LogP contribution in [0.25, 0.3) is 16.6 Å². The minimum atomic E-state index is -4.82. The lowest BCUT2D eigenvalue weighted by molar-refractivity contribution is -0.274. The Labute approximate surface area is 207 Å². The quantitative estimate of drug-likeness (QED) is 0.370. The molecule has 2 aromatic carbocycles. The maximum Gasteiger partial charge on any atom is 0.573 e. The van der Waals surface area contributed by atoms with Crippen LogP contribution in [-0.4, -0.2) is 44.3 Å². The number of hydrogen-bond acceptors (Lipinski definition) is 6. The molecule has 0 saturated carbocycles. The topological polar surface area (TPSA) is 85.8 Å². The van der Waals surface area contributed by atoms with Crippen LogP contribution >= 0.6 is 11.8 Å². The summed E-state index contributed by atoms with van der Waals surface area (Å²) in [5, 5.41) is 0. The summed E-state index contributed by atoms with van der Waals surface area (Å²) in [6.07, 6.45) is -1.80. The van der Waals surface area contributed by atoms with Gasteiger partial charge in [-0.2, -0.15) is 0 Å². The fraction of sp³-hybridized carbons (Fsp3) is 0.292. The highest BCUT2D eigenvalue weighted by Crippen LogP contribution is 2.48. The van der Waals surface area contributed by atoms with Crippen molar-refractivity contribution in [3.8, 4) is 5.75 Å². The lowest BCUT2D eigenvalue weighted by Gasteiger charge is -2.40. The maximum atomic E-state index is 15.1. The molecule has 2 aromatic heterocycles. The average Bonchev–Trinajstić information content (AvgIpc) is 3.28. The molecule has 7 nitrogen and oxygen atoms in total. The number of aromatic nitrogens is 3. The second-order valence-corrected chi connectivity index (χ2v) is 10.7. The molecule has 5 rings (SSSR count). The zero-order valence-corrected chi connectivity index (χ0v) is 20.2. The number of thioether (sulfide) groups is 1. The molecule has 1 aliphatic heterocycles. The molecule has 1 amide bonds. The molecule has 12 heteroatoms. The minimum absolute atomic E-state index is 0.167. The molecule has 0 bridgehead atoms. The van der Waals surface area contributed by atoms with Gasteiger partial charge in [0.05, 0.1) is 35.2 Å². The molecule has 1 atom stereocenters. The molecule has 0 aliphatic carbocycles. The van der Waals surface area contributed by atoms with Gasteiger partial charge in [0, 0.05) is 23.6 Å². The van der Waals surface area contributed by atoms with Crippen LogP contribution < -0.4 is 10.5 Å². The first-order chi connectivity index (χ1) is 16.9. The van der Waals surface area contributed by atoms with Crippen LogP contribution in [0.4, 0.5) is 23.4 Å². The van der Waals surface area contributed by atoms with E-state index in [1.54, 1.807) is 11.4 Å². The highest BCUT2D eigenvalue weighted by molar-refractivity contribution is 8.00. The first-order valence-electron chi connectivity index (χ1n) is 10.9. The molecule has 3 heterocycles. The number of rotatable bonds is 3. The van der Waals surface area contributed by atoms with E-state index in [9.17, 15) is 18.0 Å². The first-order valence-corrected chi connectivity index (χ1v) is 11.9. The summed E-state index contributed by atoms with van der Waals surface area (Å²) >= 11 is 1.49. The smallest absolute Gasteiger partial charge is 0.406 e. The molecular weight excluding hydrogens is 498 g/mol. The van der Waals surface area contributed by atoms with Crippen LogP contribution in [0.1, 0.15) is 41.4 Å². The number of nitrogens with zero attached hydrogens (tertiary/aromatic N) is 4. The number of benzene rings is 2. The van der Waals surface area contributed by atoms with Crippen molar-refractivity contribution in [1.29, 1.82) is 0 Å².